The standard InChI is InChI=1S/C14H14F2N2O3/c15-10-5-9(6-11(16)8-10)7-12-17-13(21-18-12)3-1-2-4-14(19)20/h5-6,8H,1-4,7H2,(H,19,20). The molecule has 5 nitrogen and oxygen atoms in total. The van der Waals surface area contributed by atoms with Crippen LogP contribution in [-0.4, -0.2) is 21.2 Å². The second-order valence-corrected chi connectivity index (χ2v) is 4.66. The van der Waals surface area contributed by atoms with E-state index in [1.807, 2.05) is 0 Å². The van der Waals surface area contributed by atoms with E-state index in [1.165, 1.54) is 12.1 Å². The lowest BCUT2D eigenvalue weighted by atomic mass is 10.1. The summed E-state index contributed by atoms with van der Waals surface area (Å²) in [5.74, 6) is -1.40. The maximum Gasteiger partial charge on any atom is 0.303 e. The zero-order valence-electron chi connectivity index (χ0n) is 11.2. The summed E-state index contributed by atoms with van der Waals surface area (Å²) < 4.78 is 31.1. The number of hydrogen-bond donors (Lipinski definition) is 1. The Balaban J connectivity index is 1.89. The predicted molar refractivity (Wildman–Crippen MR) is 68.7 cm³/mol. The van der Waals surface area contributed by atoms with Gasteiger partial charge in [0.1, 0.15) is 11.6 Å². The molecule has 112 valence electrons. The molecule has 1 aromatic heterocycles. The van der Waals surface area contributed by atoms with Gasteiger partial charge in [0.15, 0.2) is 5.82 Å². The first-order valence-electron chi connectivity index (χ1n) is 6.51. The fraction of sp³-hybridized carbons (Fsp3) is 0.357. The highest BCUT2D eigenvalue weighted by molar-refractivity contribution is 5.66. The Morgan fingerprint density at radius 1 is 1.19 bits per heavy atom. The molecular weight excluding hydrogens is 282 g/mol. The third-order valence-corrected chi connectivity index (χ3v) is 2.83. The Hall–Kier alpha value is -2.31. The van der Waals surface area contributed by atoms with Crippen LogP contribution in [0.1, 0.15) is 36.5 Å². The van der Waals surface area contributed by atoms with Crippen LogP contribution in [0.5, 0.6) is 0 Å². The molecule has 0 aliphatic heterocycles. The van der Waals surface area contributed by atoms with Gasteiger partial charge in [-0.2, -0.15) is 4.98 Å². The molecule has 1 heterocycles. The van der Waals surface area contributed by atoms with Crippen molar-refractivity contribution in [2.45, 2.75) is 32.1 Å². The minimum absolute atomic E-state index is 0.101. The van der Waals surface area contributed by atoms with Gasteiger partial charge in [-0.25, -0.2) is 8.78 Å². The van der Waals surface area contributed by atoms with Crippen molar-refractivity contribution in [2.75, 3.05) is 0 Å². The second-order valence-electron chi connectivity index (χ2n) is 4.66. The van der Waals surface area contributed by atoms with Crippen LogP contribution in [0, 0.1) is 11.6 Å². The highest BCUT2D eigenvalue weighted by Gasteiger charge is 2.09. The number of rotatable bonds is 7. The van der Waals surface area contributed by atoms with Gasteiger partial charge in [-0.15, -0.1) is 0 Å². The molecule has 7 heteroatoms. The molecule has 0 aliphatic rings. The van der Waals surface area contributed by atoms with Crippen molar-refractivity contribution >= 4 is 5.97 Å². The van der Waals surface area contributed by atoms with Crippen LogP contribution in [0.25, 0.3) is 0 Å². The average Bonchev–Trinajstić information content (AvgIpc) is 2.81. The van der Waals surface area contributed by atoms with E-state index in [4.69, 9.17) is 9.63 Å². The van der Waals surface area contributed by atoms with Crippen LogP contribution in [-0.2, 0) is 17.6 Å². The number of benzene rings is 1. The lowest BCUT2D eigenvalue weighted by Gasteiger charge is -1.97. The van der Waals surface area contributed by atoms with Crippen molar-refractivity contribution < 1.29 is 23.2 Å². The largest absolute Gasteiger partial charge is 0.481 e. The third kappa shape index (κ3) is 4.94. The van der Waals surface area contributed by atoms with Crippen molar-refractivity contribution in [3.8, 4) is 0 Å². The smallest absolute Gasteiger partial charge is 0.303 e. The Bertz CT molecular complexity index is 608. The van der Waals surface area contributed by atoms with Crippen LogP contribution >= 0.6 is 0 Å². The molecule has 2 aromatic rings. The highest BCUT2D eigenvalue weighted by atomic mass is 19.1. The van der Waals surface area contributed by atoms with Gasteiger partial charge in [0, 0.05) is 25.3 Å². The molecule has 0 saturated heterocycles. The van der Waals surface area contributed by atoms with E-state index in [2.05, 4.69) is 10.1 Å². The number of hydrogen-bond acceptors (Lipinski definition) is 4. The van der Waals surface area contributed by atoms with Gasteiger partial charge in [0.05, 0.1) is 0 Å². The molecular formula is C14H14F2N2O3. The van der Waals surface area contributed by atoms with Gasteiger partial charge in [0.2, 0.25) is 5.89 Å². The van der Waals surface area contributed by atoms with Gasteiger partial charge in [-0.1, -0.05) is 5.16 Å². The van der Waals surface area contributed by atoms with E-state index in [0.717, 1.165) is 6.07 Å². The topological polar surface area (TPSA) is 76.2 Å². The Labute approximate surface area is 119 Å². The molecule has 0 fully saturated rings. The summed E-state index contributed by atoms with van der Waals surface area (Å²) in [5.41, 5.74) is 0.422. The zero-order valence-corrected chi connectivity index (χ0v) is 11.2. The molecule has 0 bridgehead atoms. The molecule has 0 atom stereocenters. The minimum Gasteiger partial charge on any atom is -0.481 e. The molecule has 0 radical (unpaired) electrons. The summed E-state index contributed by atoms with van der Waals surface area (Å²) in [7, 11) is 0. The van der Waals surface area contributed by atoms with E-state index in [1.54, 1.807) is 0 Å². The van der Waals surface area contributed by atoms with Crippen molar-refractivity contribution in [2.24, 2.45) is 0 Å². The van der Waals surface area contributed by atoms with E-state index in [9.17, 15) is 13.6 Å². The fourth-order valence-electron chi connectivity index (χ4n) is 1.91. The first-order valence-corrected chi connectivity index (χ1v) is 6.51. The first kappa shape index (κ1) is 15.1. The van der Waals surface area contributed by atoms with Gasteiger partial charge in [-0.3, -0.25) is 4.79 Å². The quantitative estimate of drug-likeness (QED) is 0.795. The Kier molecular flexibility index (Phi) is 4.97. The maximum absolute atomic E-state index is 13.1. The average molecular weight is 296 g/mol. The number of aliphatic carboxylic acids is 1. The first-order chi connectivity index (χ1) is 10.0. The van der Waals surface area contributed by atoms with Crippen molar-refractivity contribution in [1.29, 1.82) is 0 Å². The third-order valence-electron chi connectivity index (χ3n) is 2.83. The fourth-order valence-corrected chi connectivity index (χ4v) is 1.91. The van der Waals surface area contributed by atoms with Gasteiger partial charge in [-0.05, 0) is 30.5 Å². The van der Waals surface area contributed by atoms with Gasteiger partial charge < -0.3 is 9.63 Å². The normalized spacial score (nSPS) is 10.8. The van der Waals surface area contributed by atoms with Crippen molar-refractivity contribution in [3.05, 3.63) is 47.1 Å². The summed E-state index contributed by atoms with van der Waals surface area (Å²) in [5, 5.41) is 12.2. The molecule has 0 unspecified atom stereocenters. The molecule has 0 amide bonds. The number of aryl methyl sites for hydroxylation is 1. The predicted octanol–water partition coefficient (Wildman–Crippen LogP) is 2.74. The number of carboxylic acids is 1. The van der Waals surface area contributed by atoms with E-state index < -0.39 is 17.6 Å². The molecule has 0 saturated carbocycles. The summed E-state index contributed by atoms with van der Waals surface area (Å²) in [6.45, 7) is 0. The second kappa shape index (κ2) is 6.92. The summed E-state index contributed by atoms with van der Waals surface area (Å²) in [6.07, 6.45) is 1.92. The molecule has 0 aliphatic carbocycles. The molecule has 1 N–H and O–H groups in total. The number of aromatic nitrogens is 2. The molecule has 21 heavy (non-hydrogen) atoms. The monoisotopic (exact) mass is 296 g/mol. The van der Waals surface area contributed by atoms with E-state index >= 15 is 0 Å². The zero-order chi connectivity index (χ0) is 15.2. The van der Waals surface area contributed by atoms with Crippen molar-refractivity contribution in [1.82, 2.24) is 10.1 Å². The molecule has 1 aromatic carbocycles. The Morgan fingerprint density at radius 3 is 2.57 bits per heavy atom. The number of halogens is 2. The van der Waals surface area contributed by atoms with Gasteiger partial charge >= 0.3 is 5.97 Å². The number of unbranched alkanes of at least 4 members (excludes halogenated alkanes) is 1. The Morgan fingerprint density at radius 2 is 1.90 bits per heavy atom. The van der Waals surface area contributed by atoms with Crippen LogP contribution in [0.4, 0.5) is 8.78 Å². The van der Waals surface area contributed by atoms with Crippen LogP contribution in [0.2, 0.25) is 0 Å². The van der Waals surface area contributed by atoms with E-state index in [-0.39, 0.29) is 12.8 Å². The lowest BCUT2D eigenvalue weighted by molar-refractivity contribution is -0.137. The lowest BCUT2D eigenvalue weighted by Crippen LogP contribution is -1.96. The number of carboxylic acid groups (broad SMARTS) is 1. The SMILES string of the molecule is O=C(O)CCCCc1nc(Cc2cc(F)cc(F)c2)no1. The van der Waals surface area contributed by atoms with Crippen LogP contribution < -0.4 is 0 Å². The summed E-state index contributed by atoms with van der Waals surface area (Å²) >= 11 is 0. The highest BCUT2D eigenvalue weighted by Crippen LogP contribution is 2.12. The summed E-state index contributed by atoms with van der Waals surface area (Å²) in [4.78, 5) is 14.5. The summed E-state index contributed by atoms with van der Waals surface area (Å²) in [6, 6.07) is 3.23. The number of carbonyl (C=O) groups is 1. The minimum atomic E-state index is -0.839. The van der Waals surface area contributed by atoms with Crippen molar-refractivity contribution in [3.63, 3.8) is 0 Å². The van der Waals surface area contributed by atoms with Crippen LogP contribution in [0.15, 0.2) is 22.7 Å². The van der Waals surface area contributed by atoms with E-state index in [0.29, 0.717) is 36.5 Å². The van der Waals surface area contributed by atoms with Gasteiger partial charge in [0.25, 0.3) is 0 Å². The number of nitrogens with zero attached hydrogens (tertiary/aromatic N) is 2. The van der Waals surface area contributed by atoms with Crippen LogP contribution in [0.3, 0.4) is 0 Å². The maximum atomic E-state index is 13.1. The molecule has 2 rings (SSSR count). The molecule has 0 spiro atoms.